The molecule has 0 spiro atoms. The zero-order valence-electron chi connectivity index (χ0n) is 71.2. The minimum absolute atomic E-state index is 0. The summed E-state index contributed by atoms with van der Waals surface area (Å²) < 4.78 is 79.6. The number of aryl methyl sites for hydroxylation is 4. The third-order valence-corrected chi connectivity index (χ3v) is 23.9. The maximum atomic E-state index is 11.6. The van der Waals surface area contributed by atoms with E-state index in [0.717, 1.165) is 59.4 Å². The lowest BCUT2D eigenvalue weighted by Crippen LogP contribution is -3.00. The fourth-order valence-electron chi connectivity index (χ4n) is 14.9. The van der Waals surface area contributed by atoms with E-state index in [4.69, 9.17) is 43.6 Å². The van der Waals surface area contributed by atoms with Crippen molar-refractivity contribution >= 4 is 165 Å². The van der Waals surface area contributed by atoms with Crippen LogP contribution >= 0.6 is 34.8 Å². The lowest BCUT2D eigenvalue weighted by Gasteiger charge is -2.29. The molecule has 646 valence electrons. The number of aromatic nitrogens is 4. The largest absolute Gasteiger partial charge is 1.00 e. The molecule has 15 rings (SSSR count). The van der Waals surface area contributed by atoms with Crippen molar-refractivity contribution in [3.8, 4) is 0 Å². The van der Waals surface area contributed by atoms with Gasteiger partial charge in [0.1, 0.15) is 35.8 Å². The summed E-state index contributed by atoms with van der Waals surface area (Å²) in [5.41, 5.74) is 17.3. The molecule has 122 heavy (non-hydrogen) atoms. The Balaban J connectivity index is 0.000000199. The number of halogens is 6. The third kappa shape index (κ3) is 27.6. The first kappa shape index (κ1) is 99.0. The number of nitrogens with one attached hydrogen (secondary N) is 1. The summed E-state index contributed by atoms with van der Waals surface area (Å²) in [6, 6.07) is 61.6. The Kier molecular flexibility index (Phi) is 39.1. The number of rotatable bonds is 23. The van der Waals surface area contributed by atoms with Crippen LogP contribution in [0.15, 0.2) is 239 Å². The summed E-state index contributed by atoms with van der Waals surface area (Å²) >= 11 is 18.9. The summed E-state index contributed by atoms with van der Waals surface area (Å²) in [6.45, 7) is 16.7. The molecular weight excluding hydrogens is 1970 g/mol. The molecular formula is C96H112Cl3I3N11O7S2+. The molecule has 4 aliphatic heterocycles. The number of unbranched alkanes of at least 4 members (excludes halogenated alkanes) is 1. The number of amidine groups is 1. The van der Waals surface area contributed by atoms with Crippen LogP contribution in [0.5, 0.6) is 0 Å². The maximum absolute atomic E-state index is 11.6. The van der Waals surface area contributed by atoms with Gasteiger partial charge in [0.05, 0.1) is 63.3 Å². The molecule has 0 saturated heterocycles. The van der Waals surface area contributed by atoms with Gasteiger partial charge in [0.2, 0.25) is 33.9 Å². The molecule has 0 unspecified atom stereocenters. The lowest BCUT2D eigenvalue weighted by atomic mass is 10.1. The summed E-state index contributed by atoms with van der Waals surface area (Å²) in [6.07, 6.45) is 36.2. The number of fused-ring (bicyclic) bond motifs is 5. The van der Waals surface area contributed by atoms with Crippen molar-refractivity contribution in [3.63, 3.8) is 0 Å². The van der Waals surface area contributed by atoms with Crippen molar-refractivity contribution in [2.45, 2.75) is 98.7 Å². The highest BCUT2D eigenvalue weighted by Gasteiger charge is 2.32. The Morgan fingerprint density at radius 1 is 0.533 bits per heavy atom. The van der Waals surface area contributed by atoms with Crippen molar-refractivity contribution in [1.82, 2.24) is 5.32 Å². The van der Waals surface area contributed by atoms with Gasteiger partial charge in [-0.15, -0.1) is 0 Å². The zero-order valence-corrected chi connectivity index (χ0v) is 81.5. The van der Waals surface area contributed by atoms with Crippen LogP contribution in [0.1, 0.15) is 119 Å². The van der Waals surface area contributed by atoms with E-state index >= 15 is 0 Å². The first-order valence-corrected chi connectivity index (χ1v) is 45.8. The van der Waals surface area contributed by atoms with E-state index < -0.39 is 25.7 Å². The number of nitrogens with zero attached hydrogens (tertiary/aromatic N) is 10. The molecule has 0 radical (unpaired) electrons. The van der Waals surface area contributed by atoms with E-state index in [2.05, 4.69) is 271 Å². The number of pyridine rings is 2. The van der Waals surface area contributed by atoms with Gasteiger partial charge in [-0.05, 0) is 192 Å². The summed E-state index contributed by atoms with van der Waals surface area (Å²) in [4.78, 5) is 10.7. The molecule has 4 aliphatic rings. The number of hydrogen-bond donors (Lipinski definition) is 1. The number of anilines is 5. The van der Waals surface area contributed by atoms with Crippen molar-refractivity contribution < 1.29 is 125 Å². The number of likely N-dealkylation sites (N-methyl/N-ethyl adjacent to an activating group) is 1. The quantitative estimate of drug-likeness (QED) is 0.0279. The Morgan fingerprint density at radius 2 is 1.16 bits per heavy atom. The summed E-state index contributed by atoms with van der Waals surface area (Å²) in [5, 5.41) is 6.12. The van der Waals surface area contributed by atoms with E-state index in [1.807, 2.05) is 76.6 Å². The number of para-hydroxylation sites is 4. The number of sulfone groups is 1. The fraction of sp³-hybridized carbons (Fsp3) is 0.302. The van der Waals surface area contributed by atoms with Crippen LogP contribution in [-0.4, -0.2) is 117 Å². The second kappa shape index (κ2) is 48.2. The van der Waals surface area contributed by atoms with Crippen LogP contribution in [0.3, 0.4) is 0 Å². The molecule has 0 amide bonds. The summed E-state index contributed by atoms with van der Waals surface area (Å²) in [7, 11) is 2.78. The molecule has 18 nitrogen and oxygen atoms in total. The van der Waals surface area contributed by atoms with Gasteiger partial charge in [0, 0.05) is 167 Å². The highest BCUT2D eigenvalue weighted by molar-refractivity contribution is 7.90. The first-order valence-electron chi connectivity index (χ1n) is 41.0. The van der Waals surface area contributed by atoms with Gasteiger partial charge in [0.25, 0.3) is 11.0 Å². The summed E-state index contributed by atoms with van der Waals surface area (Å²) in [5.74, 6) is 3.27. The molecule has 0 saturated carbocycles. The highest BCUT2D eigenvalue weighted by Crippen LogP contribution is 2.46. The Hall–Kier alpha value is -8.39. The van der Waals surface area contributed by atoms with Gasteiger partial charge in [-0.25, -0.2) is 16.8 Å². The highest BCUT2D eigenvalue weighted by atomic mass is 127. The van der Waals surface area contributed by atoms with Gasteiger partial charge in [0.15, 0.2) is 12.7 Å². The molecule has 8 heterocycles. The third-order valence-electron chi connectivity index (χ3n) is 21.1. The minimum Gasteiger partial charge on any atom is -1.00 e. The molecule has 0 atom stereocenters. The molecule has 0 fully saturated rings. The Bertz CT molecular complexity index is 5810. The van der Waals surface area contributed by atoms with E-state index in [0.29, 0.717) is 58.0 Å². The molecule has 4 aromatic heterocycles. The predicted molar refractivity (Wildman–Crippen MR) is 494 cm³/mol. The normalized spacial score (nSPS) is 14.4. The molecule has 1 N–H and O–H groups in total. The van der Waals surface area contributed by atoms with Gasteiger partial charge < -0.3 is 110 Å². The van der Waals surface area contributed by atoms with Crippen LogP contribution in [0.25, 0.3) is 75.6 Å². The van der Waals surface area contributed by atoms with E-state index in [1.165, 1.54) is 120 Å². The second-order valence-corrected chi connectivity index (χ2v) is 34.9. The molecule has 0 aliphatic carbocycles. The monoisotopic (exact) mass is 2080 g/mol. The number of oxazole rings is 2. The Morgan fingerprint density at radius 3 is 1.82 bits per heavy atom. The molecule has 11 aromatic rings. The molecule has 26 heteroatoms. The maximum Gasteiger partial charge on any atom is 0.374 e. The van der Waals surface area contributed by atoms with Crippen molar-refractivity contribution in [3.05, 3.63) is 285 Å². The fourth-order valence-corrected chi connectivity index (χ4v) is 16.6. The predicted octanol–water partition coefficient (Wildman–Crippen LogP) is 9.94. The topological polar surface area (TPSA) is 164 Å². The smallest absolute Gasteiger partial charge is 0.374 e. The van der Waals surface area contributed by atoms with Crippen LogP contribution < -0.4 is 120 Å². The minimum atomic E-state index is -4.36. The number of hydrogen-bond acceptors (Lipinski definition) is 13. The van der Waals surface area contributed by atoms with Crippen molar-refractivity contribution in [1.29, 1.82) is 0 Å². The Labute approximate surface area is 787 Å². The van der Waals surface area contributed by atoms with Gasteiger partial charge in [-0.3, -0.25) is 9.89 Å². The number of benzene rings is 7. The van der Waals surface area contributed by atoms with Crippen LogP contribution in [0.2, 0.25) is 15.1 Å². The van der Waals surface area contributed by atoms with Crippen LogP contribution in [0, 0.1) is 0 Å². The van der Waals surface area contributed by atoms with Crippen molar-refractivity contribution in [2.75, 3.05) is 110 Å². The van der Waals surface area contributed by atoms with Gasteiger partial charge in [-0.2, -0.15) is 18.3 Å². The second-order valence-electron chi connectivity index (χ2n) is 29.9. The van der Waals surface area contributed by atoms with E-state index in [1.54, 1.807) is 28.8 Å². The lowest BCUT2D eigenvalue weighted by molar-refractivity contribution is -0.695. The standard InChI is InChI=1S/C27H30Cl3N3O6S2.C25H25N2.C18H19N2O.C17H21N2.C9H16N2.3HI/c1-3-31-22-17-20(29)21(30)18-23(22)32(12-4-5-14-40(2,34)35)26(31)8-6-9-27-33(13-7-15-41(36,37)38)24-16-19(28)10-11-25(24)39-27;1-3-26-22(18-16-20-10-5-7-14-24(20)26)12-9-13-23-19-17-21-11-6-8-15-25(21)27(23)4-2;1-19(2)15-11-8-14(9-12-15)10-13-18-20(3)16-6-4-5-7-17(16)21-18;1-4-19-14-6-5-7-17(19)13-10-15-8-11-16(12-9-15)18(2)3;1-2-5-9-10-6-4-8-11(9)7-3-1;;;/h6,8-11,16-18H,3-5,7,12-15H2,1-2H3;5-19H,3-4H2,1-2H3;4-13H,1-3H3;5-14H,4H2,1-3H3;1-8H2;3*1H/q;3*+1;;;;/p-2. The average molecular weight is 2080 g/mol. The van der Waals surface area contributed by atoms with E-state index in [9.17, 15) is 21.4 Å². The number of allylic oxidation sites excluding steroid dienone is 5. The van der Waals surface area contributed by atoms with Gasteiger partial charge in [-0.1, -0.05) is 114 Å². The van der Waals surface area contributed by atoms with Crippen LogP contribution in [0.4, 0.5) is 28.4 Å². The van der Waals surface area contributed by atoms with E-state index in [-0.39, 0.29) is 90.6 Å². The molecule has 7 aromatic carbocycles. The SMILES string of the molecule is C1CCC2=[N+](CC1)CCCN2.CCN1/C(=C/C=C/c2ccc3ccccc3[n+]2CC)C=Cc2ccccc21.CCN1C(=CC=Cc2oc3ccc(Cl)cc3[n+]2CCCS(=O)(=O)[O-])N(CCCCS(C)(=O)=O)c2cc(Cl)c(Cl)cc21.CC[n+]1ccccc1/C=C/c1ccc(N(C)C)cc1.CN(C)c1ccc(/C=C/c2oc3ccccc3[n+]2C)cc1.[I-].[I-].[I-]. The average Bonchev–Trinajstić information content (AvgIpc) is 1.61. The molecule has 0 bridgehead atoms. The van der Waals surface area contributed by atoms with Crippen LogP contribution in [-0.2, 0) is 46.6 Å². The van der Waals surface area contributed by atoms with Gasteiger partial charge >= 0.3 is 11.8 Å². The first-order chi connectivity index (χ1) is 57.4. The van der Waals surface area contributed by atoms with Crippen molar-refractivity contribution in [2.24, 2.45) is 7.05 Å². The zero-order chi connectivity index (χ0) is 84.6.